The smallest absolute Gasteiger partial charge is 0.421 e. The number of hydrogen-bond donors (Lipinski definition) is 0. The summed E-state index contributed by atoms with van der Waals surface area (Å²) in [4.78, 5) is 0. The fraction of sp³-hybridized carbons (Fsp3) is 0.429. The molecular formula is C14H15F3OS. The average molecular weight is 288 g/mol. The van der Waals surface area contributed by atoms with Crippen LogP contribution in [0.5, 0.6) is 0 Å². The quantitative estimate of drug-likeness (QED) is 0.645. The van der Waals surface area contributed by atoms with Crippen molar-refractivity contribution in [3.63, 3.8) is 0 Å². The Morgan fingerprint density at radius 3 is 2.21 bits per heavy atom. The van der Waals surface area contributed by atoms with Gasteiger partial charge in [-0.3, -0.25) is 0 Å². The van der Waals surface area contributed by atoms with E-state index in [2.05, 4.69) is 0 Å². The van der Waals surface area contributed by atoms with Crippen molar-refractivity contribution in [2.75, 3.05) is 6.26 Å². The van der Waals surface area contributed by atoms with Gasteiger partial charge < -0.3 is 4.42 Å². The van der Waals surface area contributed by atoms with Gasteiger partial charge >= 0.3 is 6.18 Å². The van der Waals surface area contributed by atoms with Crippen LogP contribution in [0.25, 0.3) is 11.0 Å². The number of furan rings is 1. The molecule has 1 aromatic carbocycles. The van der Waals surface area contributed by atoms with Crippen molar-refractivity contribution in [1.29, 1.82) is 0 Å². The van der Waals surface area contributed by atoms with Crippen LogP contribution < -0.4 is 0 Å². The third kappa shape index (κ3) is 2.61. The van der Waals surface area contributed by atoms with Gasteiger partial charge in [-0.25, -0.2) is 0 Å². The Bertz CT molecular complexity index is 605. The minimum atomic E-state index is -4.40. The first kappa shape index (κ1) is 14.3. The summed E-state index contributed by atoms with van der Waals surface area (Å²) in [7, 11) is 0. The predicted molar refractivity (Wildman–Crippen MR) is 71.7 cm³/mol. The van der Waals surface area contributed by atoms with Crippen molar-refractivity contribution in [2.45, 2.75) is 37.5 Å². The molecule has 2 aromatic rings. The Morgan fingerprint density at radius 2 is 1.74 bits per heavy atom. The molecule has 0 fully saturated rings. The molecular weight excluding hydrogens is 273 g/mol. The van der Waals surface area contributed by atoms with Gasteiger partial charge in [0, 0.05) is 5.39 Å². The summed E-state index contributed by atoms with van der Waals surface area (Å²) in [5.41, 5.74) is 0.276. The van der Waals surface area contributed by atoms with Gasteiger partial charge in [0.2, 0.25) is 0 Å². The van der Waals surface area contributed by atoms with Gasteiger partial charge in [-0.15, -0.1) is 0 Å². The first-order chi connectivity index (χ1) is 8.64. The van der Waals surface area contributed by atoms with Crippen molar-refractivity contribution < 1.29 is 17.6 Å². The molecule has 0 saturated carbocycles. The standard InChI is InChI=1S/C14H15F3OS/c1-13(2,3)8-5-6-10-9(7-8)11(14(15,16)17)12(18-10)19-4/h5-7H,1-4H3. The van der Waals surface area contributed by atoms with Crippen molar-refractivity contribution >= 4 is 22.7 Å². The first-order valence-corrected chi connectivity index (χ1v) is 7.05. The van der Waals surface area contributed by atoms with E-state index in [1.807, 2.05) is 26.8 Å². The van der Waals surface area contributed by atoms with E-state index >= 15 is 0 Å². The molecule has 19 heavy (non-hydrogen) atoms. The Hall–Kier alpha value is -1.10. The molecule has 0 aliphatic heterocycles. The summed E-state index contributed by atoms with van der Waals surface area (Å²) in [5.74, 6) is 0. The lowest BCUT2D eigenvalue weighted by Gasteiger charge is -2.19. The lowest BCUT2D eigenvalue weighted by molar-refractivity contribution is -0.139. The van der Waals surface area contributed by atoms with E-state index in [-0.39, 0.29) is 21.5 Å². The van der Waals surface area contributed by atoms with Gasteiger partial charge in [0.1, 0.15) is 11.1 Å². The maximum absolute atomic E-state index is 13.2. The molecule has 0 N–H and O–H groups in total. The van der Waals surface area contributed by atoms with Crippen LogP contribution in [0.15, 0.2) is 27.7 Å². The largest absolute Gasteiger partial charge is 0.449 e. The maximum Gasteiger partial charge on any atom is 0.421 e. The summed E-state index contributed by atoms with van der Waals surface area (Å²) in [6, 6.07) is 5.02. The SMILES string of the molecule is CSc1oc2ccc(C(C)(C)C)cc2c1C(F)(F)F. The normalized spacial score (nSPS) is 13.2. The molecule has 1 aromatic heterocycles. The summed E-state index contributed by atoms with van der Waals surface area (Å²) in [6.07, 6.45) is -2.82. The van der Waals surface area contributed by atoms with Crippen LogP contribution >= 0.6 is 11.8 Å². The molecule has 5 heteroatoms. The van der Waals surface area contributed by atoms with E-state index in [0.29, 0.717) is 0 Å². The highest BCUT2D eigenvalue weighted by atomic mass is 32.2. The highest BCUT2D eigenvalue weighted by molar-refractivity contribution is 7.98. The summed E-state index contributed by atoms with van der Waals surface area (Å²) >= 11 is 0.975. The van der Waals surface area contributed by atoms with E-state index in [0.717, 1.165) is 17.3 Å². The van der Waals surface area contributed by atoms with Gasteiger partial charge in [0.25, 0.3) is 0 Å². The molecule has 0 amide bonds. The van der Waals surface area contributed by atoms with E-state index in [4.69, 9.17) is 4.42 Å². The van der Waals surface area contributed by atoms with Crippen LogP contribution in [0.3, 0.4) is 0 Å². The highest BCUT2D eigenvalue weighted by Gasteiger charge is 2.38. The Balaban J connectivity index is 2.77. The Kier molecular flexibility index (Phi) is 3.37. The molecule has 0 radical (unpaired) electrons. The van der Waals surface area contributed by atoms with Crippen LogP contribution in [-0.2, 0) is 11.6 Å². The van der Waals surface area contributed by atoms with Crippen molar-refractivity contribution in [3.05, 3.63) is 29.3 Å². The fourth-order valence-corrected chi connectivity index (χ4v) is 2.56. The number of alkyl halides is 3. The van der Waals surface area contributed by atoms with Gasteiger partial charge in [-0.1, -0.05) is 38.6 Å². The number of rotatable bonds is 1. The van der Waals surface area contributed by atoms with Gasteiger partial charge in [-0.2, -0.15) is 13.2 Å². The zero-order valence-electron chi connectivity index (χ0n) is 11.2. The summed E-state index contributed by atoms with van der Waals surface area (Å²) in [6.45, 7) is 5.91. The maximum atomic E-state index is 13.2. The zero-order chi connectivity index (χ0) is 14.4. The Morgan fingerprint density at radius 1 is 1.11 bits per heavy atom. The van der Waals surface area contributed by atoms with Gasteiger partial charge in [0.05, 0.1) is 0 Å². The molecule has 0 bridgehead atoms. The second-order valence-corrected chi connectivity index (χ2v) is 6.21. The summed E-state index contributed by atoms with van der Waals surface area (Å²) < 4.78 is 44.7. The van der Waals surface area contributed by atoms with E-state index in [1.165, 1.54) is 0 Å². The third-order valence-corrected chi connectivity index (χ3v) is 3.65. The predicted octanol–water partition coefficient (Wildman–Crippen LogP) is 5.47. The molecule has 0 unspecified atom stereocenters. The second kappa shape index (κ2) is 4.47. The number of benzene rings is 1. The first-order valence-electron chi connectivity index (χ1n) is 5.83. The van der Waals surface area contributed by atoms with Crippen LogP contribution in [0.1, 0.15) is 31.9 Å². The zero-order valence-corrected chi connectivity index (χ0v) is 12.0. The minimum Gasteiger partial charge on any atom is -0.449 e. The molecule has 0 atom stereocenters. The lowest BCUT2D eigenvalue weighted by Crippen LogP contribution is -2.11. The monoisotopic (exact) mass is 288 g/mol. The van der Waals surface area contributed by atoms with Crippen LogP contribution in [0, 0.1) is 0 Å². The number of fused-ring (bicyclic) bond motifs is 1. The highest BCUT2D eigenvalue weighted by Crippen LogP contribution is 2.43. The van der Waals surface area contributed by atoms with Crippen molar-refractivity contribution in [1.82, 2.24) is 0 Å². The molecule has 1 heterocycles. The van der Waals surface area contributed by atoms with Gasteiger partial charge in [0.15, 0.2) is 5.09 Å². The van der Waals surface area contributed by atoms with Crippen LogP contribution in [-0.4, -0.2) is 6.26 Å². The molecule has 0 saturated heterocycles. The topological polar surface area (TPSA) is 13.1 Å². The van der Waals surface area contributed by atoms with E-state index in [9.17, 15) is 13.2 Å². The van der Waals surface area contributed by atoms with E-state index in [1.54, 1.807) is 18.4 Å². The number of hydrogen-bond acceptors (Lipinski definition) is 2. The van der Waals surface area contributed by atoms with Crippen LogP contribution in [0.4, 0.5) is 13.2 Å². The van der Waals surface area contributed by atoms with Crippen molar-refractivity contribution in [2.24, 2.45) is 0 Å². The van der Waals surface area contributed by atoms with Crippen molar-refractivity contribution in [3.8, 4) is 0 Å². The molecule has 2 rings (SSSR count). The molecule has 0 aliphatic carbocycles. The molecule has 0 spiro atoms. The van der Waals surface area contributed by atoms with Crippen LogP contribution in [0.2, 0.25) is 0 Å². The average Bonchev–Trinajstić information content (AvgIpc) is 2.64. The Labute approximate surface area is 114 Å². The second-order valence-electron chi connectivity index (χ2n) is 5.43. The fourth-order valence-electron chi connectivity index (χ4n) is 1.95. The summed E-state index contributed by atoms with van der Waals surface area (Å²) in [5, 5.41) is 0.0674. The molecule has 0 aliphatic rings. The third-order valence-electron chi connectivity index (χ3n) is 2.99. The number of thioether (sulfide) groups is 1. The minimum absolute atomic E-state index is 0.0754. The van der Waals surface area contributed by atoms with Gasteiger partial charge in [-0.05, 0) is 29.4 Å². The van der Waals surface area contributed by atoms with E-state index < -0.39 is 11.7 Å². The molecule has 104 valence electrons. The molecule has 1 nitrogen and oxygen atoms in total. The lowest BCUT2D eigenvalue weighted by atomic mass is 9.86. The number of halogens is 3.